The Bertz CT molecular complexity index is 326. The van der Waals surface area contributed by atoms with Crippen LogP contribution in [0.4, 0.5) is 5.69 Å². The SMILES string of the molecule is CC(N)c1ccc(N(C)CCO)cc1O. The molecular weight excluding hydrogens is 192 g/mol. The Balaban J connectivity index is 2.91. The fraction of sp³-hybridized carbons (Fsp3) is 0.455. The minimum absolute atomic E-state index is 0.0896. The highest BCUT2D eigenvalue weighted by molar-refractivity contribution is 5.53. The molecule has 4 nitrogen and oxygen atoms in total. The minimum atomic E-state index is -0.179. The molecule has 1 aromatic carbocycles. The van der Waals surface area contributed by atoms with Crippen molar-refractivity contribution < 1.29 is 10.2 Å². The van der Waals surface area contributed by atoms with Gasteiger partial charge in [-0.05, 0) is 13.0 Å². The molecule has 0 heterocycles. The number of aliphatic hydroxyl groups excluding tert-OH is 1. The van der Waals surface area contributed by atoms with Gasteiger partial charge in [0.25, 0.3) is 0 Å². The van der Waals surface area contributed by atoms with E-state index in [0.29, 0.717) is 6.54 Å². The predicted octanol–water partition coefficient (Wildman–Crippen LogP) is 0.840. The summed E-state index contributed by atoms with van der Waals surface area (Å²) in [5, 5.41) is 18.5. The Morgan fingerprint density at radius 2 is 2.13 bits per heavy atom. The number of aromatic hydroxyl groups is 1. The van der Waals surface area contributed by atoms with E-state index in [9.17, 15) is 5.11 Å². The third kappa shape index (κ3) is 2.84. The summed E-state index contributed by atoms with van der Waals surface area (Å²) in [5.41, 5.74) is 7.28. The predicted molar refractivity (Wildman–Crippen MR) is 61.1 cm³/mol. The smallest absolute Gasteiger partial charge is 0.122 e. The lowest BCUT2D eigenvalue weighted by atomic mass is 10.1. The van der Waals surface area contributed by atoms with Crippen molar-refractivity contribution in [2.75, 3.05) is 25.1 Å². The van der Waals surface area contributed by atoms with Gasteiger partial charge in [0.05, 0.1) is 6.61 Å². The fourth-order valence-corrected chi connectivity index (χ4v) is 1.43. The van der Waals surface area contributed by atoms with Gasteiger partial charge in [-0.25, -0.2) is 0 Å². The number of nitrogens with zero attached hydrogens (tertiary/aromatic N) is 1. The van der Waals surface area contributed by atoms with E-state index >= 15 is 0 Å². The zero-order chi connectivity index (χ0) is 11.4. The molecule has 0 aromatic heterocycles. The fourth-order valence-electron chi connectivity index (χ4n) is 1.43. The van der Waals surface area contributed by atoms with Crippen LogP contribution < -0.4 is 10.6 Å². The summed E-state index contributed by atoms with van der Waals surface area (Å²) >= 11 is 0. The van der Waals surface area contributed by atoms with Gasteiger partial charge >= 0.3 is 0 Å². The molecule has 0 aliphatic rings. The quantitative estimate of drug-likeness (QED) is 0.688. The molecule has 4 N–H and O–H groups in total. The normalized spacial score (nSPS) is 12.5. The molecule has 0 radical (unpaired) electrons. The summed E-state index contributed by atoms with van der Waals surface area (Å²) in [6.45, 7) is 2.45. The maximum absolute atomic E-state index is 9.71. The van der Waals surface area contributed by atoms with Gasteiger partial charge in [-0.2, -0.15) is 0 Å². The van der Waals surface area contributed by atoms with Gasteiger partial charge < -0.3 is 20.8 Å². The molecule has 4 heteroatoms. The highest BCUT2D eigenvalue weighted by Crippen LogP contribution is 2.27. The van der Waals surface area contributed by atoms with Crippen LogP contribution in [-0.2, 0) is 0 Å². The molecule has 84 valence electrons. The van der Waals surface area contributed by atoms with E-state index in [4.69, 9.17) is 10.8 Å². The standard InChI is InChI=1S/C11H18N2O2/c1-8(12)10-4-3-9(7-11(10)15)13(2)5-6-14/h3-4,7-8,14-15H,5-6,12H2,1-2H3. The van der Waals surface area contributed by atoms with E-state index in [2.05, 4.69) is 0 Å². The molecule has 1 atom stereocenters. The van der Waals surface area contributed by atoms with E-state index in [0.717, 1.165) is 11.3 Å². The van der Waals surface area contributed by atoms with Gasteiger partial charge in [0.2, 0.25) is 0 Å². The number of hydrogen-bond donors (Lipinski definition) is 3. The van der Waals surface area contributed by atoms with E-state index in [-0.39, 0.29) is 18.4 Å². The van der Waals surface area contributed by atoms with Crippen LogP contribution in [0.1, 0.15) is 18.5 Å². The van der Waals surface area contributed by atoms with E-state index < -0.39 is 0 Å². The molecule has 0 amide bonds. The lowest BCUT2D eigenvalue weighted by Crippen LogP contribution is -2.21. The molecular formula is C11H18N2O2. The van der Waals surface area contributed by atoms with Crippen LogP contribution in [0.15, 0.2) is 18.2 Å². The summed E-state index contributed by atoms with van der Waals surface area (Å²) in [5.74, 6) is 0.201. The molecule has 0 aliphatic heterocycles. The zero-order valence-electron chi connectivity index (χ0n) is 9.14. The van der Waals surface area contributed by atoms with Gasteiger partial charge in [-0.3, -0.25) is 0 Å². The second-order valence-electron chi connectivity index (χ2n) is 3.68. The van der Waals surface area contributed by atoms with Gasteiger partial charge in [0.15, 0.2) is 0 Å². The highest BCUT2D eigenvalue weighted by Gasteiger charge is 2.08. The molecule has 1 rings (SSSR count). The van der Waals surface area contributed by atoms with E-state index in [1.807, 2.05) is 31.0 Å². The van der Waals surface area contributed by atoms with Crippen LogP contribution in [0.25, 0.3) is 0 Å². The molecule has 0 saturated carbocycles. The second-order valence-corrected chi connectivity index (χ2v) is 3.68. The average Bonchev–Trinajstić information content (AvgIpc) is 2.17. The van der Waals surface area contributed by atoms with Crippen LogP contribution in [0.5, 0.6) is 5.75 Å². The summed E-state index contributed by atoms with van der Waals surface area (Å²) in [6, 6.07) is 5.17. The Hall–Kier alpha value is -1.26. The van der Waals surface area contributed by atoms with Crippen molar-refractivity contribution in [2.24, 2.45) is 5.73 Å². The summed E-state index contributed by atoms with van der Waals surface area (Å²) in [7, 11) is 1.86. The van der Waals surface area contributed by atoms with Gasteiger partial charge in [0, 0.05) is 37.0 Å². The summed E-state index contributed by atoms with van der Waals surface area (Å²) < 4.78 is 0. The molecule has 0 aliphatic carbocycles. The van der Waals surface area contributed by atoms with Gasteiger partial charge in [-0.1, -0.05) is 6.07 Å². The maximum Gasteiger partial charge on any atom is 0.122 e. The largest absolute Gasteiger partial charge is 0.508 e. The molecule has 1 aromatic rings. The molecule has 1 unspecified atom stereocenters. The molecule has 0 fully saturated rings. The zero-order valence-corrected chi connectivity index (χ0v) is 9.14. The number of phenolic OH excluding ortho intramolecular Hbond substituents is 1. The molecule has 0 spiro atoms. The lowest BCUT2D eigenvalue weighted by Gasteiger charge is -2.19. The first-order chi connectivity index (χ1) is 7.06. The van der Waals surface area contributed by atoms with E-state index in [1.54, 1.807) is 6.07 Å². The second kappa shape index (κ2) is 5.00. The first-order valence-electron chi connectivity index (χ1n) is 4.96. The van der Waals surface area contributed by atoms with Crippen molar-refractivity contribution in [2.45, 2.75) is 13.0 Å². The first kappa shape index (κ1) is 11.8. The Kier molecular flexibility index (Phi) is 3.94. The average molecular weight is 210 g/mol. The van der Waals surface area contributed by atoms with Crippen molar-refractivity contribution in [1.82, 2.24) is 0 Å². The Labute approximate surface area is 89.9 Å². The third-order valence-electron chi connectivity index (χ3n) is 2.38. The minimum Gasteiger partial charge on any atom is -0.508 e. The number of hydrogen-bond acceptors (Lipinski definition) is 4. The van der Waals surface area contributed by atoms with Crippen LogP contribution in [-0.4, -0.2) is 30.4 Å². The number of anilines is 1. The lowest BCUT2D eigenvalue weighted by molar-refractivity contribution is 0.304. The van der Waals surface area contributed by atoms with Crippen LogP contribution in [0, 0.1) is 0 Å². The van der Waals surface area contributed by atoms with Gasteiger partial charge in [-0.15, -0.1) is 0 Å². The number of benzene rings is 1. The Morgan fingerprint density at radius 1 is 1.47 bits per heavy atom. The Morgan fingerprint density at radius 3 is 2.60 bits per heavy atom. The number of rotatable bonds is 4. The first-order valence-corrected chi connectivity index (χ1v) is 4.96. The van der Waals surface area contributed by atoms with E-state index in [1.165, 1.54) is 0 Å². The van der Waals surface area contributed by atoms with Crippen LogP contribution >= 0.6 is 0 Å². The number of nitrogens with two attached hydrogens (primary N) is 1. The number of aliphatic hydroxyl groups is 1. The third-order valence-corrected chi connectivity index (χ3v) is 2.38. The van der Waals surface area contributed by atoms with Crippen LogP contribution in [0.3, 0.4) is 0 Å². The molecule has 0 saturated heterocycles. The highest BCUT2D eigenvalue weighted by atomic mass is 16.3. The monoisotopic (exact) mass is 210 g/mol. The summed E-state index contributed by atoms with van der Waals surface area (Å²) in [6.07, 6.45) is 0. The van der Waals surface area contributed by atoms with Crippen molar-refractivity contribution in [1.29, 1.82) is 0 Å². The summed E-state index contributed by atoms with van der Waals surface area (Å²) in [4.78, 5) is 1.87. The van der Waals surface area contributed by atoms with Crippen molar-refractivity contribution in [3.05, 3.63) is 23.8 Å². The van der Waals surface area contributed by atoms with Crippen LogP contribution in [0.2, 0.25) is 0 Å². The maximum atomic E-state index is 9.71. The molecule has 0 bridgehead atoms. The number of phenols is 1. The van der Waals surface area contributed by atoms with Gasteiger partial charge in [0.1, 0.15) is 5.75 Å². The molecule has 15 heavy (non-hydrogen) atoms. The van der Waals surface area contributed by atoms with Crippen molar-refractivity contribution in [3.8, 4) is 5.75 Å². The van der Waals surface area contributed by atoms with Crippen molar-refractivity contribution >= 4 is 5.69 Å². The number of likely N-dealkylation sites (N-methyl/N-ethyl adjacent to an activating group) is 1. The van der Waals surface area contributed by atoms with Crippen molar-refractivity contribution in [3.63, 3.8) is 0 Å². The topological polar surface area (TPSA) is 69.7 Å².